The van der Waals surface area contributed by atoms with Gasteiger partial charge in [-0.15, -0.1) is 0 Å². The molecule has 3 rings (SSSR count). The highest BCUT2D eigenvalue weighted by Gasteiger charge is 2.33. The van der Waals surface area contributed by atoms with Gasteiger partial charge in [0, 0.05) is 19.2 Å². The Labute approximate surface area is 125 Å². The van der Waals surface area contributed by atoms with Crippen molar-refractivity contribution in [2.24, 2.45) is 0 Å². The number of aryl methyl sites for hydroxylation is 1. The molecule has 0 radical (unpaired) electrons. The van der Waals surface area contributed by atoms with Gasteiger partial charge >= 0.3 is 0 Å². The van der Waals surface area contributed by atoms with Crippen LogP contribution in [-0.2, 0) is 4.79 Å². The number of halogens is 2. The van der Waals surface area contributed by atoms with E-state index in [2.05, 4.69) is 15.5 Å². The fraction of sp³-hybridized carbons (Fsp3) is 0.357. The summed E-state index contributed by atoms with van der Waals surface area (Å²) in [6.45, 7) is 3.12. The van der Waals surface area contributed by atoms with E-state index in [1.165, 1.54) is 6.07 Å². The summed E-state index contributed by atoms with van der Waals surface area (Å²) in [5.74, 6) is -0.564. The van der Waals surface area contributed by atoms with E-state index in [4.69, 9.17) is 4.52 Å². The number of likely N-dealkylation sites (tertiary alicyclic amines) is 1. The van der Waals surface area contributed by atoms with Crippen LogP contribution in [0.3, 0.4) is 0 Å². The number of nitrogens with one attached hydrogen (secondary N) is 1. The minimum absolute atomic E-state index is 0.0315. The van der Waals surface area contributed by atoms with Crippen LogP contribution in [-0.4, -0.2) is 40.6 Å². The van der Waals surface area contributed by atoms with E-state index in [9.17, 15) is 13.6 Å². The van der Waals surface area contributed by atoms with Crippen LogP contribution in [0.25, 0.3) is 0 Å². The summed E-state index contributed by atoms with van der Waals surface area (Å²) in [6.07, 6.45) is 0. The highest BCUT2D eigenvalue weighted by atomic mass is 19.1. The number of hydrogen-bond donors (Lipinski definition) is 1. The molecule has 8 heteroatoms. The van der Waals surface area contributed by atoms with Gasteiger partial charge in [-0.05, 0) is 19.1 Å². The quantitative estimate of drug-likeness (QED) is 0.931. The third-order valence-electron chi connectivity index (χ3n) is 3.42. The van der Waals surface area contributed by atoms with Crippen LogP contribution in [0.15, 0.2) is 22.7 Å². The second-order valence-corrected chi connectivity index (χ2v) is 5.24. The molecule has 0 spiro atoms. The Balaban J connectivity index is 1.49. The molecular formula is C14H14F2N4O2. The van der Waals surface area contributed by atoms with E-state index in [1.807, 2.05) is 4.90 Å². The minimum Gasteiger partial charge on any atom is -0.339 e. The average Bonchev–Trinajstić information content (AvgIpc) is 2.83. The molecule has 1 saturated heterocycles. The molecule has 2 heterocycles. The third-order valence-corrected chi connectivity index (χ3v) is 3.42. The smallest absolute Gasteiger partial charge is 0.238 e. The van der Waals surface area contributed by atoms with Crippen LogP contribution >= 0.6 is 0 Å². The predicted molar refractivity (Wildman–Crippen MR) is 73.2 cm³/mol. The molecule has 6 nitrogen and oxygen atoms in total. The molecule has 2 aromatic rings. The van der Waals surface area contributed by atoms with E-state index in [0.717, 1.165) is 12.1 Å². The van der Waals surface area contributed by atoms with Gasteiger partial charge in [0.25, 0.3) is 0 Å². The summed E-state index contributed by atoms with van der Waals surface area (Å²) < 4.78 is 31.3. The van der Waals surface area contributed by atoms with E-state index in [0.29, 0.717) is 24.8 Å². The van der Waals surface area contributed by atoms with Gasteiger partial charge in [0.1, 0.15) is 11.6 Å². The molecule has 0 unspecified atom stereocenters. The topological polar surface area (TPSA) is 71.3 Å². The van der Waals surface area contributed by atoms with Gasteiger partial charge in [-0.1, -0.05) is 5.16 Å². The van der Waals surface area contributed by atoms with Crippen LogP contribution in [0, 0.1) is 18.6 Å². The number of hydrogen-bond acceptors (Lipinski definition) is 5. The van der Waals surface area contributed by atoms with Crippen molar-refractivity contribution >= 4 is 11.6 Å². The lowest BCUT2D eigenvalue weighted by Gasteiger charge is -2.36. The molecule has 1 aromatic heterocycles. The molecule has 1 N–H and O–H groups in total. The van der Waals surface area contributed by atoms with Gasteiger partial charge < -0.3 is 9.84 Å². The largest absolute Gasteiger partial charge is 0.339 e. The highest BCUT2D eigenvalue weighted by Crippen LogP contribution is 2.25. The number of carbonyl (C=O) groups is 1. The number of carbonyl (C=O) groups excluding carboxylic acids is 1. The Morgan fingerprint density at radius 1 is 1.45 bits per heavy atom. The molecule has 1 aliphatic rings. The molecular weight excluding hydrogens is 294 g/mol. The molecule has 0 atom stereocenters. The van der Waals surface area contributed by atoms with Gasteiger partial charge in [-0.2, -0.15) is 4.98 Å². The maximum absolute atomic E-state index is 13.4. The summed E-state index contributed by atoms with van der Waals surface area (Å²) in [7, 11) is 0. The zero-order valence-electron chi connectivity index (χ0n) is 11.8. The Morgan fingerprint density at radius 2 is 2.23 bits per heavy atom. The van der Waals surface area contributed by atoms with Crippen LogP contribution in [0.2, 0.25) is 0 Å². The second kappa shape index (κ2) is 5.80. The summed E-state index contributed by atoms with van der Waals surface area (Å²) >= 11 is 0. The molecule has 1 aliphatic heterocycles. The highest BCUT2D eigenvalue weighted by molar-refractivity contribution is 5.92. The van der Waals surface area contributed by atoms with E-state index >= 15 is 0 Å². The molecule has 1 fully saturated rings. The Hall–Kier alpha value is -2.35. The lowest BCUT2D eigenvalue weighted by atomic mass is 10.0. The Kier molecular flexibility index (Phi) is 3.84. The summed E-state index contributed by atoms with van der Waals surface area (Å²) in [4.78, 5) is 17.9. The number of benzene rings is 1. The fourth-order valence-corrected chi connectivity index (χ4v) is 2.32. The SMILES string of the molecule is Cc1noc(C2CN(CC(=O)Nc3ccc(F)cc3F)C2)n1. The molecule has 1 amide bonds. The van der Waals surface area contributed by atoms with Crippen molar-refractivity contribution < 1.29 is 18.1 Å². The summed E-state index contributed by atoms with van der Waals surface area (Å²) in [5.41, 5.74) is -0.0315. The molecule has 22 heavy (non-hydrogen) atoms. The predicted octanol–water partition coefficient (Wildman–Crippen LogP) is 1.69. The fourth-order valence-electron chi connectivity index (χ4n) is 2.32. The van der Waals surface area contributed by atoms with Crippen molar-refractivity contribution in [3.63, 3.8) is 0 Å². The molecule has 116 valence electrons. The molecule has 0 saturated carbocycles. The zero-order chi connectivity index (χ0) is 15.7. The lowest BCUT2D eigenvalue weighted by Crippen LogP contribution is -2.48. The van der Waals surface area contributed by atoms with E-state index in [-0.39, 0.29) is 24.1 Å². The lowest BCUT2D eigenvalue weighted by molar-refractivity contribution is -0.118. The van der Waals surface area contributed by atoms with Crippen molar-refractivity contribution in [2.45, 2.75) is 12.8 Å². The first-order valence-electron chi connectivity index (χ1n) is 6.79. The van der Waals surface area contributed by atoms with Crippen molar-refractivity contribution in [3.8, 4) is 0 Å². The van der Waals surface area contributed by atoms with Gasteiger partial charge in [0.15, 0.2) is 5.82 Å². The number of nitrogens with zero attached hydrogens (tertiary/aromatic N) is 3. The monoisotopic (exact) mass is 308 g/mol. The Morgan fingerprint density at radius 3 is 2.86 bits per heavy atom. The van der Waals surface area contributed by atoms with Crippen molar-refractivity contribution in [1.29, 1.82) is 0 Å². The first kappa shape index (κ1) is 14.6. The minimum atomic E-state index is -0.795. The maximum atomic E-state index is 13.4. The van der Waals surface area contributed by atoms with Gasteiger partial charge in [-0.3, -0.25) is 9.69 Å². The van der Waals surface area contributed by atoms with Crippen molar-refractivity contribution in [1.82, 2.24) is 15.0 Å². The van der Waals surface area contributed by atoms with Crippen LogP contribution in [0.1, 0.15) is 17.6 Å². The molecule has 0 bridgehead atoms. The van der Waals surface area contributed by atoms with E-state index in [1.54, 1.807) is 6.92 Å². The zero-order valence-corrected chi connectivity index (χ0v) is 11.8. The molecule has 1 aromatic carbocycles. The number of aromatic nitrogens is 2. The van der Waals surface area contributed by atoms with Crippen molar-refractivity contribution in [3.05, 3.63) is 41.5 Å². The Bertz CT molecular complexity index is 698. The normalized spacial score (nSPS) is 15.6. The summed E-state index contributed by atoms with van der Waals surface area (Å²) in [5, 5.41) is 6.14. The maximum Gasteiger partial charge on any atom is 0.238 e. The number of rotatable bonds is 4. The third kappa shape index (κ3) is 3.11. The van der Waals surface area contributed by atoms with Gasteiger partial charge in [0.05, 0.1) is 18.2 Å². The second-order valence-electron chi connectivity index (χ2n) is 5.24. The first-order valence-corrected chi connectivity index (χ1v) is 6.79. The number of anilines is 1. The van der Waals surface area contributed by atoms with E-state index < -0.39 is 11.6 Å². The van der Waals surface area contributed by atoms with Gasteiger partial charge in [-0.25, -0.2) is 8.78 Å². The average molecular weight is 308 g/mol. The first-order chi connectivity index (χ1) is 10.5. The summed E-state index contributed by atoms with van der Waals surface area (Å²) in [6, 6.07) is 3.02. The van der Waals surface area contributed by atoms with Crippen LogP contribution < -0.4 is 5.32 Å². The van der Waals surface area contributed by atoms with Gasteiger partial charge in [0.2, 0.25) is 11.8 Å². The standard InChI is InChI=1S/C14H14F2N4O2/c1-8-17-14(22-19-8)9-5-20(6-9)7-13(21)18-12-3-2-10(15)4-11(12)16/h2-4,9H,5-7H2,1H3,(H,18,21). The van der Waals surface area contributed by atoms with Crippen LogP contribution in [0.5, 0.6) is 0 Å². The number of amides is 1. The van der Waals surface area contributed by atoms with Crippen LogP contribution in [0.4, 0.5) is 14.5 Å². The molecule has 0 aliphatic carbocycles. The van der Waals surface area contributed by atoms with Crippen molar-refractivity contribution in [2.75, 3.05) is 25.0 Å².